The van der Waals surface area contributed by atoms with Crippen LogP contribution in [0.15, 0.2) is 18.5 Å². The van der Waals surface area contributed by atoms with Gasteiger partial charge < -0.3 is 14.9 Å². The number of hydrogen-bond acceptors (Lipinski definition) is 4. The van der Waals surface area contributed by atoms with Gasteiger partial charge in [0.15, 0.2) is 0 Å². The van der Waals surface area contributed by atoms with Crippen LogP contribution in [0.4, 0.5) is 0 Å². The van der Waals surface area contributed by atoms with Gasteiger partial charge in [-0.25, -0.2) is 0 Å². The third-order valence-electron chi connectivity index (χ3n) is 2.45. The number of aliphatic hydroxyl groups excluding tert-OH is 2. The lowest BCUT2D eigenvalue weighted by molar-refractivity contribution is -0.00970. The Labute approximate surface area is 102 Å². The largest absolute Gasteiger partial charge is 0.489 e. The third kappa shape index (κ3) is 3.98. The lowest BCUT2D eigenvalue weighted by atomic mass is 9.97. The van der Waals surface area contributed by atoms with Crippen molar-refractivity contribution in [3.05, 3.63) is 24.0 Å². The normalized spacial score (nSPS) is 15.1. The number of hydrogen-bond donors (Lipinski definition) is 2. The van der Waals surface area contributed by atoms with E-state index in [0.29, 0.717) is 11.3 Å². The fourth-order valence-electron chi connectivity index (χ4n) is 1.50. The van der Waals surface area contributed by atoms with Crippen LogP contribution in [0.5, 0.6) is 5.75 Å². The molecule has 2 unspecified atom stereocenters. The van der Waals surface area contributed by atoms with Crippen molar-refractivity contribution in [2.75, 3.05) is 0 Å². The Morgan fingerprint density at radius 2 is 1.76 bits per heavy atom. The summed E-state index contributed by atoms with van der Waals surface area (Å²) >= 11 is 0. The fraction of sp³-hybridized carbons (Fsp3) is 0.615. The summed E-state index contributed by atoms with van der Waals surface area (Å²) in [6.07, 6.45) is 1.46. The molecule has 2 atom stereocenters. The lowest BCUT2D eigenvalue weighted by Crippen LogP contribution is -2.24. The predicted molar refractivity (Wildman–Crippen MR) is 65.8 cm³/mol. The summed E-state index contributed by atoms with van der Waals surface area (Å²) in [5.74, 6) is 0.590. The summed E-state index contributed by atoms with van der Waals surface area (Å²) in [5.41, 5.74) is 0.573. The minimum absolute atomic E-state index is 0.0142. The standard InChI is InChI=1S/C13H21NO3/c1-8(2)12(15)13(16)10-5-11(7-14-6-10)17-9(3)4/h5-9,12-13,15-16H,1-4H3. The van der Waals surface area contributed by atoms with Gasteiger partial charge in [-0.2, -0.15) is 0 Å². The highest BCUT2D eigenvalue weighted by Crippen LogP contribution is 2.24. The molecule has 1 aromatic heterocycles. The number of aliphatic hydroxyl groups is 2. The Morgan fingerprint density at radius 1 is 1.12 bits per heavy atom. The van der Waals surface area contributed by atoms with Crippen molar-refractivity contribution in [3.63, 3.8) is 0 Å². The van der Waals surface area contributed by atoms with E-state index in [2.05, 4.69) is 4.98 Å². The summed E-state index contributed by atoms with van der Waals surface area (Å²) in [6, 6.07) is 1.71. The van der Waals surface area contributed by atoms with Crippen molar-refractivity contribution < 1.29 is 14.9 Å². The second kappa shape index (κ2) is 5.98. The van der Waals surface area contributed by atoms with Crippen molar-refractivity contribution >= 4 is 0 Å². The fourth-order valence-corrected chi connectivity index (χ4v) is 1.50. The number of pyridine rings is 1. The molecule has 0 saturated carbocycles. The topological polar surface area (TPSA) is 62.6 Å². The van der Waals surface area contributed by atoms with Crippen LogP contribution in [0, 0.1) is 5.92 Å². The average Bonchev–Trinajstić information content (AvgIpc) is 2.26. The molecule has 4 heteroatoms. The van der Waals surface area contributed by atoms with E-state index < -0.39 is 12.2 Å². The maximum absolute atomic E-state index is 9.97. The smallest absolute Gasteiger partial charge is 0.138 e. The SMILES string of the molecule is CC(C)Oc1cncc(C(O)C(O)C(C)C)c1. The van der Waals surface area contributed by atoms with Crippen LogP contribution in [0.3, 0.4) is 0 Å². The van der Waals surface area contributed by atoms with Crippen molar-refractivity contribution in [1.29, 1.82) is 0 Å². The first kappa shape index (κ1) is 13.9. The molecule has 0 saturated heterocycles. The molecule has 0 aromatic carbocycles. The monoisotopic (exact) mass is 239 g/mol. The second-order valence-electron chi connectivity index (χ2n) is 4.80. The Balaban J connectivity index is 2.83. The first-order chi connectivity index (χ1) is 7.91. The zero-order valence-electron chi connectivity index (χ0n) is 10.8. The zero-order valence-corrected chi connectivity index (χ0v) is 10.8. The second-order valence-corrected chi connectivity index (χ2v) is 4.80. The molecule has 0 amide bonds. The predicted octanol–water partition coefficient (Wildman–Crippen LogP) is 1.92. The highest BCUT2D eigenvalue weighted by atomic mass is 16.5. The van der Waals surface area contributed by atoms with Crippen LogP contribution < -0.4 is 4.74 Å². The molecule has 0 spiro atoms. The first-order valence-electron chi connectivity index (χ1n) is 5.89. The summed E-state index contributed by atoms with van der Waals surface area (Å²) in [4.78, 5) is 4.00. The summed E-state index contributed by atoms with van der Waals surface area (Å²) < 4.78 is 5.49. The van der Waals surface area contributed by atoms with Gasteiger partial charge in [-0.05, 0) is 25.8 Å². The summed E-state index contributed by atoms with van der Waals surface area (Å²) in [7, 11) is 0. The van der Waals surface area contributed by atoms with Gasteiger partial charge >= 0.3 is 0 Å². The third-order valence-corrected chi connectivity index (χ3v) is 2.45. The van der Waals surface area contributed by atoms with Gasteiger partial charge in [0.05, 0.1) is 18.4 Å². The van der Waals surface area contributed by atoms with Gasteiger partial charge in [0, 0.05) is 11.8 Å². The van der Waals surface area contributed by atoms with Gasteiger partial charge in [-0.15, -0.1) is 0 Å². The van der Waals surface area contributed by atoms with Gasteiger partial charge in [-0.1, -0.05) is 13.8 Å². The molecule has 4 nitrogen and oxygen atoms in total. The van der Waals surface area contributed by atoms with E-state index in [0.717, 1.165) is 0 Å². The van der Waals surface area contributed by atoms with Crippen LogP contribution in [0.2, 0.25) is 0 Å². The Kier molecular flexibility index (Phi) is 4.90. The minimum Gasteiger partial charge on any atom is -0.489 e. The van der Waals surface area contributed by atoms with Gasteiger partial charge in [0.1, 0.15) is 11.9 Å². The van der Waals surface area contributed by atoms with Gasteiger partial charge in [0.2, 0.25) is 0 Å². The van der Waals surface area contributed by atoms with Crippen LogP contribution in [0.25, 0.3) is 0 Å². The molecule has 96 valence electrons. The molecule has 2 N–H and O–H groups in total. The summed E-state index contributed by atoms with van der Waals surface area (Å²) in [6.45, 7) is 7.56. The maximum Gasteiger partial charge on any atom is 0.138 e. The molecule has 17 heavy (non-hydrogen) atoms. The number of ether oxygens (including phenoxy) is 1. The maximum atomic E-state index is 9.97. The number of rotatable bonds is 5. The quantitative estimate of drug-likeness (QED) is 0.824. The first-order valence-corrected chi connectivity index (χ1v) is 5.89. The van der Waals surface area contributed by atoms with Gasteiger partial charge in [-0.3, -0.25) is 4.98 Å². The Morgan fingerprint density at radius 3 is 2.29 bits per heavy atom. The van der Waals surface area contributed by atoms with E-state index in [1.807, 2.05) is 27.7 Å². The zero-order chi connectivity index (χ0) is 13.0. The van der Waals surface area contributed by atoms with Crippen molar-refractivity contribution in [1.82, 2.24) is 4.98 Å². The molecule has 1 heterocycles. The Hall–Kier alpha value is -1.13. The lowest BCUT2D eigenvalue weighted by Gasteiger charge is -2.21. The van der Waals surface area contributed by atoms with Crippen molar-refractivity contribution in [2.45, 2.75) is 46.0 Å². The molecule has 0 aliphatic rings. The molecule has 1 aromatic rings. The highest BCUT2D eigenvalue weighted by molar-refractivity contribution is 5.26. The van der Waals surface area contributed by atoms with E-state index in [4.69, 9.17) is 4.74 Å². The van der Waals surface area contributed by atoms with Crippen LogP contribution >= 0.6 is 0 Å². The minimum atomic E-state index is -0.932. The number of nitrogens with zero attached hydrogens (tertiary/aromatic N) is 1. The van der Waals surface area contributed by atoms with E-state index >= 15 is 0 Å². The van der Waals surface area contributed by atoms with Crippen molar-refractivity contribution in [3.8, 4) is 5.75 Å². The average molecular weight is 239 g/mol. The van der Waals surface area contributed by atoms with E-state index in [9.17, 15) is 10.2 Å². The van der Waals surface area contributed by atoms with Crippen LogP contribution in [-0.2, 0) is 0 Å². The summed E-state index contributed by atoms with van der Waals surface area (Å²) in [5, 5.41) is 19.8. The Bertz CT molecular complexity index is 352. The van der Waals surface area contributed by atoms with Crippen LogP contribution in [-0.4, -0.2) is 27.4 Å². The van der Waals surface area contributed by atoms with Crippen molar-refractivity contribution in [2.24, 2.45) is 5.92 Å². The van der Waals surface area contributed by atoms with E-state index in [-0.39, 0.29) is 12.0 Å². The van der Waals surface area contributed by atoms with E-state index in [1.165, 1.54) is 0 Å². The molecule has 0 fully saturated rings. The molecular weight excluding hydrogens is 218 g/mol. The number of aromatic nitrogens is 1. The molecule has 1 rings (SSSR count). The molecule has 0 aliphatic carbocycles. The molecule has 0 radical (unpaired) electrons. The van der Waals surface area contributed by atoms with Gasteiger partial charge in [0.25, 0.3) is 0 Å². The highest BCUT2D eigenvalue weighted by Gasteiger charge is 2.22. The molecular formula is C13H21NO3. The van der Waals surface area contributed by atoms with Crippen LogP contribution in [0.1, 0.15) is 39.4 Å². The molecule has 0 aliphatic heterocycles. The molecule has 0 bridgehead atoms. The van der Waals surface area contributed by atoms with E-state index in [1.54, 1.807) is 18.5 Å².